The molecule has 1 rings (SSSR count). The molecule has 0 fully saturated rings. The van der Waals surface area contributed by atoms with Gasteiger partial charge in [-0.2, -0.15) is 0 Å². The lowest BCUT2D eigenvalue weighted by Crippen LogP contribution is -1.93. The summed E-state index contributed by atoms with van der Waals surface area (Å²) in [5, 5.41) is 2.96. The fraction of sp³-hybridized carbons (Fsp3) is 0.200. The lowest BCUT2D eigenvalue weighted by Gasteiger charge is -2.09. The lowest BCUT2D eigenvalue weighted by atomic mass is 10.3. The zero-order valence-electron chi connectivity index (χ0n) is 7.83. The van der Waals surface area contributed by atoms with Gasteiger partial charge in [0, 0.05) is 6.07 Å². The van der Waals surface area contributed by atoms with Crippen LogP contribution in [0.25, 0.3) is 0 Å². The third-order valence-electron chi connectivity index (χ3n) is 1.67. The molecule has 0 saturated heterocycles. The number of hydrogen-bond donors (Lipinski definition) is 1. The van der Waals surface area contributed by atoms with Gasteiger partial charge in [0.2, 0.25) is 0 Å². The molecule has 0 atom stereocenters. The molecule has 1 aromatic rings. The Morgan fingerprint density at radius 1 is 1.31 bits per heavy atom. The Hall–Kier alpha value is -1.64. The molecule has 0 amide bonds. The third-order valence-corrected chi connectivity index (χ3v) is 1.67. The van der Waals surface area contributed by atoms with E-state index >= 15 is 0 Å². The van der Waals surface area contributed by atoms with Crippen LogP contribution in [0.3, 0.4) is 0 Å². The van der Waals surface area contributed by atoms with Gasteiger partial charge in [0.15, 0.2) is 0 Å². The standard InChI is InChI=1S/C10H13NO2/c1-4-11-9-6-5-8(12-2)7-10(9)13-3/h4-7,11H,1H2,2-3H3. The van der Waals surface area contributed by atoms with E-state index in [0.29, 0.717) is 0 Å². The maximum Gasteiger partial charge on any atom is 0.145 e. The average molecular weight is 179 g/mol. The van der Waals surface area contributed by atoms with E-state index in [2.05, 4.69) is 11.9 Å². The highest BCUT2D eigenvalue weighted by atomic mass is 16.5. The van der Waals surface area contributed by atoms with Gasteiger partial charge in [-0.15, -0.1) is 0 Å². The molecule has 13 heavy (non-hydrogen) atoms. The van der Waals surface area contributed by atoms with E-state index in [1.807, 2.05) is 18.2 Å². The maximum absolute atomic E-state index is 5.15. The zero-order valence-corrected chi connectivity index (χ0v) is 7.83. The van der Waals surface area contributed by atoms with Gasteiger partial charge in [-0.25, -0.2) is 0 Å². The van der Waals surface area contributed by atoms with Gasteiger partial charge >= 0.3 is 0 Å². The number of benzene rings is 1. The van der Waals surface area contributed by atoms with Gasteiger partial charge in [-0.3, -0.25) is 0 Å². The molecule has 0 saturated carbocycles. The van der Waals surface area contributed by atoms with E-state index in [1.165, 1.54) is 0 Å². The molecular formula is C10H13NO2. The van der Waals surface area contributed by atoms with Gasteiger partial charge < -0.3 is 14.8 Å². The summed E-state index contributed by atoms with van der Waals surface area (Å²) in [5.74, 6) is 1.51. The predicted octanol–water partition coefficient (Wildman–Crippen LogP) is 2.26. The van der Waals surface area contributed by atoms with Crippen molar-refractivity contribution in [2.45, 2.75) is 0 Å². The van der Waals surface area contributed by atoms with E-state index in [1.54, 1.807) is 20.4 Å². The van der Waals surface area contributed by atoms with Crippen LogP contribution >= 0.6 is 0 Å². The van der Waals surface area contributed by atoms with Crippen molar-refractivity contribution in [3.8, 4) is 11.5 Å². The first-order valence-corrected chi connectivity index (χ1v) is 3.91. The Kier molecular flexibility index (Phi) is 3.20. The summed E-state index contributed by atoms with van der Waals surface area (Å²) in [4.78, 5) is 0. The number of hydrogen-bond acceptors (Lipinski definition) is 3. The molecule has 3 nitrogen and oxygen atoms in total. The fourth-order valence-corrected chi connectivity index (χ4v) is 1.03. The molecule has 0 radical (unpaired) electrons. The molecule has 0 aliphatic carbocycles. The molecule has 0 aromatic heterocycles. The second-order valence-electron chi connectivity index (χ2n) is 2.41. The van der Waals surface area contributed by atoms with Crippen molar-refractivity contribution in [1.82, 2.24) is 0 Å². The average Bonchev–Trinajstić information content (AvgIpc) is 2.19. The van der Waals surface area contributed by atoms with Crippen LogP contribution in [0, 0.1) is 0 Å². The highest BCUT2D eigenvalue weighted by Gasteiger charge is 2.02. The van der Waals surface area contributed by atoms with Crippen molar-refractivity contribution < 1.29 is 9.47 Å². The second kappa shape index (κ2) is 4.40. The molecular weight excluding hydrogens is 166 g/mol. The Morgan fingerprint density at radius 2 is 2.08 bits per heavy atom. The Morgan fingerprint density at radius 3 is 2.62 bits per heavy atom. The summed E-state index contributed by atoms with van der Waals surface area (Å²) in [6.45, 7) is 3.58. The number of methoxy groups -OCH3 is 2. The minimum Gasteiger partial charge on any atom is -0.497 e. The summed E-state index contributed by atoms with van der Waals surface area (Å²) < 4.78 is 10.2. The molecule has 3 heteroatoms. The van der Waals surface area contributed by atoms with Crippen molar-refractivity contribution in [3.05, 3.63) is 31.0 Å². The van der Waals surface area contributed by atoms with E-state index in [-0.39, 0.29) is 0 Å². The van der Waals surface area contributed by atoms with E-state index < -0.39 is 0 Å². The number of rotatable bonds is 4. The molecule has 0 unspecified atom stereocenters. The largest absolute Gasteiger partial charge is 0.497 e. The minimum atomic E-state index is 0.735. The van der Waals surface area contributed by atoms with Crippen molar-refractivity contribution in [2.75, 3.05) is 19.5 Å². The lowest BCUT2D eigenvalue weighted by molar-refractivity contribution is 0.395. The molecule has 0 heterocycles. The molecule has 70 valence electrons. The molecule has 0 aliphatic heterocycles. The first kappa shape index (κ1) is 9.45. The summed E-state index contributed by atoms with van der Waals surface area (Å²) in [6, 6.07) is 5.54. The van der Waals surface area contributed by atoms with Gasteiger partial charge in [0.1, 0.15) is 11.5 Å². The van der Waals surface area contributed by atoms with Gasteiger partial charge in [0.05, 0.1) is 19.9 Å². The summed E-state index contributed by atoms with van der Waals surface area (Å²) >= 11 is 0. The van der Waals surface area contributed by atoms with Crippen LogP contribution < -0.4 is 14.8 Å². The Labute approximate surface area is 78.0 Å². The van der Waals surface area contributed by atoms with Gasteiger partial charge in [-0.05, 0) is 18.3 Å². The Balaban J connectivity index is 3.00. The minimum absolute atomic E-state index is 0.735. The summed E-state index contributed by atoms with van der Waals surface area (Å²) in [7, 11) is 3.23. The van der Waals surface area contributed by atoms with Crippen molar-refractivity contribution >= 4 is 5.69 Å². The van der Waals surface area contributed by atoms with Crippen molar-refractivity contribution in [3.63, 3.8) is 0 Å². The van der Waals surface area contributed by atoms with Crippen molar-refractivity contribution in [2.24, 2.45) is 0 Å². The van der Waals surface area contributed by atoms with Gasteiger partial charge in [-0.1, -0.05) is 6.58 Å². The van der Waals surface area contributed by atoms with E-state index in [9.17, 15) is 0 Å². The monoisotopic (exact) mass is 179 g/mol. The van der Waals surface area contributed by atoms with E-state index in [0.717, 1.165) is 17.2 Å². The first-order valence-electron chi connectivity index (χ1n) is 3.91. The molecule has 0 aliphatic rings. The van der Waals surface area contributed by atoms with Crippen LogP contribution in [0.15, 0.2) is 31.0 Å². The smallest absolute Gasteiger partial charge is 0.145 e. The number of anilines is 1. The van der Waals surface area contributed by atoms with Crippen LogP contribution in [-0.2, 0) is 0 Å². The molecule has 1 aromatic carbocycles. The van der Waals surface area contributed by atoms with E-state index in [4.69, 9.17) is 9.47 Å². The number of ether oxygens (including phenoxy) is 2. The van der Waals surface area contributed by atoms with Crippen LogP contribution in [0.5, 0.6) is 11.5 Å². The van der Waals surface area contributed by atoms with Gasteiger partial charge in [0.25, 0.3) is 0 Å². The quantitative estimate of drug-likeness (QED) is 0.769. The summed E-state index contributed by atoms with van der Waals surface area (Å²) in [5.41, 5.74) is 0.873. The Bertz CT molecular complexity index is 297. The van der Waals surface area contributed by atoms with Crippen LogP contribution in [-0.4, -0.2) is 14.2 Å². The first-order chi connectivity index (χ1) is 6.31. The highest BCUT2D eigenvalue weighted by Crippen LogP contribution is 2.28. The molecule has 1 N–H and O–H groups in total. The topological polar surface area (TPSA) is 30.5 Å². The SMILES string of the molecule is C=CNc1ccc(OC)cc1OC. The molecule has 0 bridgehead atoms. The second-order valence-corrected chi connectivity index (χ2v) is 2.41. The number of nitrogens with one attached hydrogen (secondary N) is 1. The normalized spacial score (nSPS) is 9.08. The zero-order chi connectivity index (χ0) is 9.68. The predicted molar refractivity (Wildman–Crippen MR) is 53.4 cm³/mol. The van der Waals surface area contributed by atoms with Crippen LogP contribution in [0.1, 0.15) is 0 Å². The third kappa shape index (κ3) is 2.15. The summed E-state index contributed by atoms with van der Waals surface area (Å²) in [6.07, 6.45) is 1.60. The maximum atomic E-state index is 5.15. The van der Waals surface area contributed by atoms with Crippen LogP contribution in [0.2, 0.25) is 0 Å². The van der Waals surface area contributed by atoms with Crippen LogP contribution in [0.4, 0.5) is 5.69 Å². The highest BCUT2D eigenvalue weighted by molar-refractivity contribution is 5.60. The van der Waals surface area contributed by atoms with Crippen molar-refractivity contribution in [1.29, 1.82) is 0 Å². The molecule has 0 spiro atoms. The fourth-order valence-electron chi connectivity index (χ4n) is 1.03.